The van der Waals surface area contributed by atoms with E-state index in [1.54, 1.807) is 48.5 Å². The summed E-state index contributed by atoms with van der Waals surface area (Å²) in [5.41, 5.74) is -0.983. The monoisotopic (exact) mass is 792 g/mol. The van der Waals surface area contributed by atoms with Crippen LogP contribution in [0.1, 0.15) is 122 Å². The fourth-order valence-electron chi connectivity index (χ4n) is 8.27. The van der Waals surface area contributed by atoms with E-state index in [0.717, 1.165) is 26.2 Å². The summed E-state index contributed by atoms with van der Waals surface area (Å²) >= 11 is 0. The molecule has 2 aliphatic carbocycles. The number of rotatable bonds is 10. The van der Waals surface area contributed by atoms with Gasteiger partial charge in [-0.15, -0.1) is 0 Å². The summed E-state index contributed by atoms with van der Waals surface area (Å²) < 4.78 is 17.4. The number of ether oxygens (including phenoxy) is 3. The molecule has 58 heavy (non-hydrogen) atoms. The first-order valence-electron chi connectivity index (χ1n) is 19.1. The standard InChI is InChI=1S/C45H44O13/c1-23-38(49)42(53)43(54)44(56-23)58-34-20-30-37(39(50)29(34)18-26-12-9-13-32(31(26)22-47)45(55)16-7-4-8-17-45)41(52)35-27(21-46)19-33(57-24(2)48)28(36(35)40(30)51)15-14-25-10-5-3-6-11-25/h3,5-6,9-15,19-20,22-23,38,42-44,46,49-50,53-55H,4,7-8,16-18,21H2,1-2H3. The molecular formula is C45H44O13. The Labute approximate surface area is 333 Å². The van der Waals surface area contributed by atoms with Crippen LogP contribution in [0.2, 0.25) is 0 Å². The molecule has 0 radical (unpaired) electrons. The highest BCUT2D eigenvalue weighted by Crippen LogP contribution is 2.46. The number of phenolic OH excluding ortho intramolecular Hbond substituents is 1. The lowest BCUT2D eigenvalue weighted by atomic mass is 9.76. The Morgan fingerprint density at radius 3 is 2.24 bits per heavy atom. The van der Waals surface area contributed by atoms with Crippen LogP contribution in [-0.4, -0.2) is 85.2 Å². The van der Waals surface area contributed by atoms with E-state index < -0.39 is 71.8 Å². The Kier molecular flexibility index (Phi) is 11.5. The van der Waals surface area contributed by atoms with Gasteiger partial charge in [0.25, 0.3) is 0 Å². The third-order valence-corrected chi connectivity index (χ3v) is 11.3. The van der Waals surface area contributed by atoms with Crippen LogP contribution in [0.5, 0.6) is 17.2 Å². The summed E-state index contributed by atoms with van der Waals surface area (Å²) in [6, 6.07) is 16.4. The third-order valence-electron chi connectivity index (χ3n) is 11.3. The van der Waals surface area contributed by atoms with Gasteiger partial charge in [-0.05, 0) is 60.2 Å². The van der Waals surface area contributed by atoms with E-state index in [2.05, 4.69) is 0 Å². The SMILES string of the molecule is CC(=O)Oc1cc(CO)c2c(c1C=Cc1ccccc1)C(=O)c1cc(OC3OC(C)C(O)C(O)C3O)c(Cc3cccc(C4(O)CCCCC4)c3C=O)c(O)c1C2=O. The number of fused-ring (bicyclic) bond motifs is 2. The maximum absolute atomic E-state index is 14.8. The Hall–Kier alpha value is -5.54. The van der Waals surface area contributed by atoms with Crippen molar-refractivity contribution < 1.29 is 64.0 Å². The van der Waals surface area contributed by atoms with Crippen LogP contribution in [0.15, 0.2) is 60.7 Å². The van der Waals surface area contributed by atoms with Crippen molar-refractivity contribution in [3.8, 4) is 17.2 Å². The fraction of sp³-hybridized carbons (Fsp3) is 0.333. The van der Waals surface area contributed by atoms with Crippen LogP contribution in [0.25, 0.3) is 12.2 Å². The summed E-state index contributed by atoms with van der Waals surface area (Å²) in [6.07, 6.45) is -0.863. The molecule has 5 atom stereocenters. The molecule has 13 nitrogen and oxygen atoms in total. The van der Waals surface area contributed by atoms with Gasteiger partial charge in [-0.3, -0.25) is 19.2 Å². The van der Waals surface area contributed by atoms with Crippen molar-refractivity contribution >= 4 is 36.0 Å². The maximum atomic E-state index is 14.8. The van der Waals surface area contributed by atoms with Crippen LogP contribution in [0, 0.1) is 0 Å². The van der Waals surface area contributed by atoms with Gasteiger partial charge in [-0.2, -0.15) is 0 Å². The first-order valence-corrected chi connectivity index (χ1v) is 19.1. The number of carbonyl (C=O) groups is 4. The van der Waals surface area contributed by atoms with Gasteiger partial charge >= 0.3 is 5.97 Å². The normalized spacial score (nSPS) is 22.6. The van der Waals surface area contributed by atoms with Crippen molar-refractivity contribution in [3.05, 3.63) is 122 Å². The highest BCUT2D eigenvalue weighted by Gasteiger charge is 2.45. The number of aromatic hydroxyl groups is 1. The number of ketones is 2. The van der Waals surface area contributed by atoms with Crippen molar-refractivity contribution in [1.29, 1.82) is 0 Å². The average molecular weight is 793 g/mol. The first kappa shape index (κ1) is 40.6. The van der Waals surface area contributed by atoms with E-state index in [9.17, 15) is 49.8 Å². The van der Waals surface area contributed by atoms with E-state index in [1.807, 2.05) is 6.07 Å². The molecule has 0 aromatic heterocycles. The molecule has 0 amide bonds. The number of hydrogen-bond donors (Lipinski definition) is 6. The molecule has 7 rings (SSSR count). The minimum Gasteiger partial charge on any atom is -0.507 e. The minimum absolute atomic E-state index is 0.0475. The van der Waals surface area contributed by atoms with Crippen LogP contribution < -0.4 is 9.47 Å². The lowest BCUT2D eigenvalue weighted by Crippen LogP contribution is -2.58. The molecule has 0 bridgehead atoms. The van der Waals surface area contributed by atoms with Crippen molar-refractivity contribution in [2.24, 2.45) is 0 Å². The molecule has 3 aliphatic rings. The second kappa shape index (κ2) is 16.4. The summed E-state index contributed by atoms with van der Waals surface area (Å²) in [5.74, 6) is -3.46. The second-order valence-electron chi connectivity index (χ2n) is 15.0. The molecule has 1 heterocycles. The van der Waals surface area contributed by atoms with Gasteiger partial charge in [0, 0.05) is 46.7 Å². The highest BCUT2D eigenvalue weighted by atomic mass is 16.7. The molecule has 4 aromatic carbocycles. The number of phenols is 1. The number of benzene rings is 4. The molecule has 13 heteroatoms. The second-order valence-corrected chi connectivity index (χ2v) is 15.0. The molecule has 2 fully saturated rings. The van der Waals surface area contributed by atoms with Gasteiger partial charge in [0.2, 0.25) is 6.29 Å². The Balaban J connectivity index is 1.43. The smallest absolute Gasteiger partial charge is 0.308 e. The average Bonchev–Trinajstić information content (AvgIpc) is 3.21. The van der Waals surface area contributed by atoms with Crippen molar-refractivity contribution in [1.82, 2.24) is 0 Å². The van der Waals surface area contributed by atoms with Crippen LogP contribution in [0.3, 0.4) is 0 Å². The van der Waals surface area contributed by atoms with Crippen LogP contribution in [0.4, 0.5) is 0 Å². The topological polar surface area (TPSA) is 217 Å². The Morgan fingerprint density at radius 2 is 1.57 bits per heavy atom. The first-order chi connectivity index (χ1) is 27.8. The Bertz CT molecular complexity index is 2310. The largest absolute Gasteiger partial charge is 0.507 e. The number of hydrogen-bond acceptors (Lipinski definition) is 13. The summed E-state index contributed by atoms with van der Waals surface area (Å²) in [4.78, 5) is 54.6. The quantitative estimate of drug-likeness (QED) is 0.0497. The molecule has 5 unspecified atom stereocenters. The predicted octanol–water partition coefficient (Wildman–Crippen LogP) is 4.52. The number of carbonyl (C=O) groups excluding carboxylic acids is 4. The van der Waals surface area contributed by atoms with Gasteiger partial charge in [0.15, 0.2) is 17.9 Å². The van der Waals surface area contributed by atoms with Crippen molar-refractivity contribution in [2.75, 3.05) is 0 Å². The number of esters is 1. The number of aldehydes is 1. The van der Waals surface area contributed by atoms with Gasteiger partial charge in [-0.25, -0.2) is 0 Å². The molecular weight excluding hydrogens is 748 g/mol. The molecule has 6 N–H and O–H groups in total. The molecule has 0 spiro atoms. The van der Waals surface area contributed by atoms with E-state index in [1.165, 1.54) is 25.1 Å². The minimum atomic E-state index is -1.81. The highest BCUT2D eigenvalue weighted by molar-refractivity contribution is 6.31. The summed E-state index contributed by atoms with van der Waals surface area (Å²) in [7, 11) is 0. The Morgan fingerprint density at radius 1 is 0.845 bits per heavy atom. The summed E-state index contributed by atoms with van der Waals surface area (Å²) in [5, 5.41) is 66.3. The van der Waals surface area contributed by atoms with Crippen LogP contribution in [-0.2, 0) is 28.2 Å². The lowest BCUT2D eigenvalue weighted by molar-refractivity contribution is -0.268. The number of aliphatic hydroxyl groups excluding tert-OH is 4. The fourth-order valence-corrected chi connectivity index (χ4v) is 8.27. The van der Waals surface area contributed by atoms with Gasteiger partial charge in [0.1, 0.15) is 35.6 Å². The van der Waals surface area contributed by atoms with Crippen LogP contribution >= 0.6 is 0 Å². The molecule has 302 valence electrons. The lowest BCUT2D eigenvalue weighted by Gasteiger charge is -2.39. The van der Waals surface area contributed by atoms with E-state index in [-0.39, 0.29) is 56.9 Å². The molecule has 1 saturated carbocycles. The van der Waals surface area contributed by atoms with Crippen molar-refractivity contribution in [2.45, 2.75) is 95.3 Å². The zero-order chi connectivity index (χ0) is 41.5. The molecule has 1 saturated heterocycles. The predicted molar refractivity (Wildman–Crippen MR) is 209 cm³/mol. The third kappa shape index (κ3) is 7.37. The molecule has 1 aliphatic heterocycles. The zero-order valence-corrected chi connectivity index (χ0v) is 31.9. The van der Waals surface area contributed by atoms with Gasteiger partial charge < -0.3 is 44.8 Å². The zero-order valence-electron chi connectivity index (χ0n) is 31.9. The maximum Gasteiger partial charge on any atom is 0.308 e. The van der Waals surface area contributed by atoms with E-state index in [4.69, 9.17) is 14.2 Å². The molecule has 4 aromatic rings. The summed E-state index contributed by atoms with van der Waals surface area (Å²) in [6.45, 7) is 1.86. The van der Waals surface area contributed by atoms with Crippen molar-refractivity contribution in [3.63, 3.8) is 0 Å². The van der Waals surface area contributed by atoms with Gasteiger partial charge in [0.05, 0.1) is 23.9 Å². The van der Waals surface area contributed by atoms with Gasteiger partial charge in [-0.1, -0.05) is 73.9 Å². The number of aliphatic hydroxyl groups is 5. The van der Waals surface area contributed by atoms with E-state index >= 15 is 0 Å². The van der Waals surface area contributed by atoms with E-state index in [0.29, 0.717) is 35.8 Å².